The van der Waals surface area contributed by atoms with Crippen LogP contribution in [-0.2, 0) is 19.6 Å². The van der Waals surface area contributed by atoms with Gasteiger partial charge in [-0.1, -0.05) is 19.9 Å². The second kappa shape index (κ2) is 9.24. The highest BCUT2D eigenvalue weighted by atomic mass is 32.2. The normalized spacial score (nSPS) is 11.2. The number of benzene rings is 1. The van der Waals surface area contributed by atoms with Crippen LogP contribution < -0.4 is 5.32 Å². The van der Waals surface area contributed by atoms with Crippen molar-refractivity contribution >= 4 is 27.6 Å². The Morgan fingerprint density at radius 3 is 2.52 bits per heavy atom. The molecule has 0 spiro atoms. The molecule has 144 valence electrons. The first-order valence-corrected chi connectivity index (χ1v) is 9.79. The Morgan fingerprint density at radius 1 is 1.15 bits per heavy atom. The first kappa shape index (κ1) is 20.5. The van der Waals surface area contributed by atoms with Crippen LogP contribution in [0.3, 0.4) is 0 Å². The quantitative estimate of drug-likeness (QED) is 0.689. The molecule has 0 saturated heterocycles. The molecule has 0 radical (unpaired) electrons. The van der Waals surface area contributed by atoms with Crippen molar-refractivity contribution in [1.29, 1.82) is 0 Å². The van der Waals surface area contributed by atoms with E-state index in [0.29, 0.717) is 18.8 Å². The Bertz CT molecular complexity index is 896. The molecule has 0 saturated carbocycles. The van der Waals surface area contributed by atoms with E-state index in [1.165, 1.54) is 41.0 Å². The molecule has 8 nitrogen and oxygen atoms in total. The SMILES string of the molecule is CCN(CC)S(=O)(=O)c1cccc(NC(=O)COC(=O)c2cccnc2)c1. The molecular formula is C18H21N3O5S. The summed E-state index contributed by atoms with van der Waals surface area (Å²) < 4.78 is 31.3. The number of hydrogen-bond acceptors (Lipinski definition) is 6. The van der Waals surface area contributed by atoms with Gasteiger partial charge < -0.3 is 10.1 Å². The van der Waals surface area contributed by atoms with Gasteiger partial charge in [0.1, 0.15) is 0 Å². The standard InChI is InChI=1S/C18H21N3O5S/c1-3-21(4-2)27(24,25)16-9-5-8-15(11-16)20-17(22)13-26-18(23)14-7-6-10-19-12-14/h5-12H,3-4,13H2,1-2H3,(H,20,22). The number of carbonyl (C=O) groups is 2. The Morgan fingerprint density at radius 2 is 1.89 bits per heavy atom. The second-order valence-corrected chi connectivity index (χ2v) is 7.42. The van der Waals surface area contributed by atoms with Crippen LogP contribution >= 0.6 is 0 Å². The summed E-state index contributed by atoms with van der Waals surface area (Å²) in [5, 5.41) is 2.52. The molecule has 0 unspecified atom stereocenters. The average molecular weight is 391 g/mol. The number of anilines is 1. The van der Waals surface area contributed by atoms with Crippen molar-refractivity contribution in [2.45, 2.75) is 18.7 Å². The molecule has 2 rings (SSSR count). The first-order valence-electron chi connectivity index (χ1n) is 8.35. The summed E-state index contributed by atoms with van der Waals surface area (Å²) >= 11 is 0. The summed E-state index contributed by atoms with van der Waals surface area (Å²) in [5.74, 6) is -1.25. The minimum absolute atomic E-state index is 0.0800. The van der Waals surface area contributed by atoms with Crippen molar-refractivity contribution in [1.82, 2.24) is 9.29 Å². The lowest BCUT2D eigenvalue weighted by molar-refractivity contribution is -0.119. The fourth-order valence-corrected chi connectivity index (χ4v) is 3.85. The molecule has 1 aromatic heterocycles. The van der Waals surface area contributed by atoms with Crippen molar-refractivity contribution in [3.05, 3.63) is 54.4 Å². The van der Waals surface area contributed by atoms with Gasteiger partial charge in [0.15, 0.2) is 6.61 Å². The molecule has 0 aliphatic heterocycles. The van der Waals surface area contributed by atoms with Crippen LogP contribution in [-0.4, -0.2) is 49.3 Å². The van der Waals surface area contributed by atoms with Gasteiger partial charge in [-0.15, -0.1) is 0 Å². The van der Waals surface area contributed by atoms with E-state index in [2.05, 4.69) is 10.3 Å². The number of rotatable bonds is 8. The highest BCUT2D eigenvalue weighted by Gasteiger charge is 2.22. The Balaban J connectivity index is 2.01. The third kappa shape index (κ3) is 5.35. The number of nitrogens with one attached hydrogen (secondary N) is 1. The van der Waals surface area contributed by atoms with E-state index in [1.807, 2.05) is 0 Å². The fourth-order valence-electron chi connectivity index (χ4n) is 2.34. The lowest BCUT2D eigenvalue weighted by atomic mass is 10.3. The monoisotopic (exact) mass is 391 g/mol. The van der Waals surface area contributed by atoms with Gasteiger partial charge in [-0.25, -0.2) is 13.2 Å². The smallest absolute Gasteiger partial charge is 0.340 e. The van der Waals surface area contributed by atoms with Gasteiger partial charge in [0.2, 0.25) is 10.0 Å². The van der Waals surface area contributed by atoms with Crippen molar-refractivity contribution in [3.8, 4) is 0 Å². The fraction of sp³-hybridized carbons (Fsp3) is 0.278. The van der Waals surface area contributed by atoms with Crippen LogP contribution in [0.25, 0.3) is 0 Å². The van der Waals surface area contributed by atoms with Crippen molar-refractivity contribution in [3.63, 3.8) is 0 Å². The Kier molecular flexibility index (Phi) is 7.03. The summed E-state index contributed by atoms with van der Waals surface area (Å²) in [6, 6.07) is 9.03. The van der Waals surface area contributed by atoms with E-state index in [1.54, 1.807) is 26.0 Å². The first-order chi connectivity index (χ1) is 12.9. The number of pyridine rings is 1. The van der Waals surface area contributed by atoms with Gasteiger partial charge >= 0.3 is 5.97 Å². The number of hydrogen-bond donors (Lipinski definition) is 1. The molecule has 0 atom stereocenters. The lowest BCUT2D eigenvalue weighted by Gasteiger charge is -2.18. The predicted molar refractivity (Wildman–Crippen MR) is 99.7 cm³/mol. The number of amides is 1. The molecule has 1 amide bonds. The summed E-state index contributed by atoms with van der Waals surface area (Å²) in [4.78, 5) is 27.7. The van der Waals surface area contributed by atoms with E-state index in [0.717, 1.165) is 0 Å². The number of carbonyl (C=O) groups excluding carboxylic acids is 2. The molecular weight excluding hydrogens is 370 g/mol. The molecule has 1 heterocycles. The van der Waals surface area contributed by atoms with E-state index in [9.17, 15) is 18.0 Å². The number of ether oxygens (including phenoxy) is 1. The number of aromatic nitrogens is 1. The molecule has 0 aliphatic rings. The zero-order valence-electron chi connectivity index (χ0n) is 15.1. The third-order valence-electron chi connectivity index (χ3n) is 3.69. The molecule has 1 aromatic carbocycles. The van der Waals surface area contributed by atoms with Crippen LogP contribution in [0, 0.1) is 0 Å². The number of nitrogens with zero attached hydrogens (tertiary/aromatic N) is 2. The van der Waals surface area contributed by atoms with E-state index < -0.39 is 28.5 Å². The molecule has 2 aromatic rings. The van der Waals surface area contributed by atoms with Crippen LogP contribution in [0.2, 0.25) is 0 Å². The van der Waals surface area contributed by atoms with Crippen molar-refractivity contribution in [2.24, 2.45) is 0 Å². The Labute approximate surface area is 158 Å². The van der Waals surface area contributed by atoms with Crippen LogP contribution in [0.15, 0.2) is 53.7 Å². The molecule has 1 N–H and O–H groups in total. The summed E-state index contributed by atoms with van der Waals surface area (Å²) in [6.07, 6.45) is 2.85. The average Bonchev–Trinajstić information content (AvgIpc) is 2.67. The van der Waals surface area contributed by atoms with Crippen LogP contribution in [0.4, 0.5) is 5.69 Å². The maximum absolute atomic E-state index is 12.5. The van der Waals surface area contributed by atoms with Crippen molar-refractivity contribution in [2.75, 3.05) is 25.0 Å². The summed E-state index contributed by atoms with van der Waals surface area (Å²) in [5.41, 5.74) is 0.531. The van der Waals surface area contributed by atoms with Gasteiger partial charge in [0, 0.05) is 31.2 Å². The second-order valence-electron chi connectivity index (χ2n) is 5.48. The molecule has 27 heavy (non-hydrogen) atoms. The van der Waals surface area contributed by atoms with E-state index in [4.69, 9.17) is 4.74 Å². The van der Waals surface area contributed by atoms with Gasteiger partial charge in [0.05, 0.1) is 10.5 Å². The summed E-state index contributed by atoms with van der Waals surface area (Å²) in [6.45, 7) is 3.70. The van der Waals surface area contributed by atoms with Crippen LogP contribution in [0.1, 0.15) is 24.2 Å². The summed E-state index contributed by atoms with van der Waals surface area (Å²) in [7, 11) is -3.63. The van der Waals surface area contributed by atoms with E-state index >= 15 is 0 Å². The maximum atomic E-state index is 12.5. The van der Waals surface area contributed by atoms with Gasteiger partial charge in [-0.3, -0.25) is 9.78 Å². The largest absolute Gasteiger partial charge is 0.452 e. The number of esters is 1. The number of sulfonamides is 1. The minimum Gasteiger partial charge on any atom is -0.452 e. The predicted octanol–water partition coefficient (Wildman–Crippen LogP) is 1.91. The lowest BCUT2D eigenvalue weighted by Crippen LogP contribution is -2.30. The van der Waals surface area contributed by atoms with Gasteiger partial charge in [-0.2, -0.15) is 4.31 Å². The van der Waals surface area contributed by atoms with Gasteiger partial charge in [0.25, 0.3) is 5.91 Å². The van der Waals surface area contributed by atoms with Crippen LogP contribution in [0.5, 0.6) is 0 Å². The van der Waals surface area contributed by atoms with Crippen molar-refractivity contribution < 1.29 is 22.7 Å². The molecule has 0 fully saturated rings. The zero-order chi connectivity index (χ0) is 19.9. The molecule has 0 aliphatic carbocycles. The molecule has 0 bridgehead atoms. The molecule has 9 heteroatoms. The van der Waals surface area contributed by atoms with Gasteiger partial charge in [-0.05, 0) is 30.3 Å². The zero-order valence-corrected chi connectivity index (χ0v) is 15.9. The topological polar surface area (TPSA) is 106 Å². The Hall–Kier alpha value is -2.78. The minimum atomic E-state index is -3.63. The maximum Gasteiger partial charge on any atom is 0.340 e. The third-order valence-corrected chi connectivity index (χ3v) is 5.74. The highest BCUT2D eigenvalue weighted by molar-refractivity contribution is 7.89. The van der Waals surface area contributed by atoms with E-state index in [-0.39, 0.29) is 10.5 Å². The highest BCUT2D eigenvalue weighted by Crippen LogP contribution is 2.19.